The first kappa shape index (κ1) is 15.4. The summed E-state index contributed by atoms with van der Waals surface area (Å²) in [7, 11) is 0. The van der Waals surface area contributed by atoms with Crippen molar-refractivity contribution in [1.29, 1.82) is 0 Å². The lowest BCUT2D eigenvalue weighted by atomic mass is 10.1. The van der Waals surface area contributed by atoms with Crippen molar-refractivity contribution >= 4 is 17.6 Å². The number of nitrogens with one attached hydrogen (secondary N) is 1. The van der Waals surface area contributed by atoms with Crippen molar-refractivity contribution in [3.8, 4) is 5.75 Å². The minimum atomic E-state index is -1.23. The number of anilines is 1. The summed E-state index contributed by atoms with van der Waals surface area (Å²) in [5.41, 5.74) is -0.663. The van der Waals surface area contributed by atoms with Gasteiger partial charge in [-0.15, -0.1) is 0 Å². The number of benzene rings is 1. The molecule has 21 heavy (non-hydrogen) atoms. The summed E-state index contributed by atoms with van der Waals surface area (Å²) < 4.78 is 5.62. The Bertz CT molecular complexity index is 535. The van der Waals surface area contributed by atoms with E-state index in [0.29, 0.717) is 36.8 Å². The Morgan fingerprint density at radius 1 is 1.38 bits per heavy atom. The number of carboxylic acids is 1. The van der Waals surface area contributed by atoms with Crippen molar-refractivity contribution in [2.45, 2.75) is 33.1 Å². The molecule has 1 amide bonds. The molecule has 0 atom stereocenters. The number of rotatable bonds is 7. The second-order valence-corrected chi connectivity index (χ2v) is 5.90. The van der Waals surface area contributed by atoms with Gasteiger partial charge < -0.3 is 15.2 Å². The molecule has 0 aromatic heterocycles. The summed E-state index contributed by atoms with van der Waals surface area (Å²) in [6.07, 6.45) is 1.76. The highest BCUT2D eigenvalue weighted by Gasteiger charge is 2.57. The topological polar surface area (TPSA) is 75.6 Å². The second kappa shape index (κ2) is 6.16. The molecule has 5 nitrogen and oxygen atoms in total. The van der Waals surface area contributed by atoms with Crippen LogP contribution in [-0.2, 0) is 9.59 Å². The fourth-order valence-corrected chi connectivity index (χ4v) is 1.99. The van der Waals surface area contributed by atoms with Crippen molar-refractivity contribution in [2.75, 3.05) is 11.9 Å². The zero-order chi connectivity index (χ0) is 15.5. The third kappa shape index (κ3) is 3.74. The van der Waals surface area contributed by atoms with E-state index in [1.807, 2.05) is 6.07 Å². The molecule has 0 saturated heterocycles. The molecule has 0 bridgehead atoms. The molecule has 0 spiro atoms. The first-order valence-corrected chi connectivity index (χ1v) is 7.22. The highest BCUT2D eigenvalue weighted by molar-refractivity contribution is 6.10. The van der Waals surface area contributed by atoms with E-state index in [-0.39, 0.29) is 0 Å². The first-order chi connectivity index (χ1) is 9.94. The molecule has 0 radical (unpaired) electrons. The molecule has 0 heterocycles. The molecule has 1 aliphatic rings. The van der Waals surface area contributed by atoms with Gasteiger partial charge in [0.05, 0.1) is 6.61 Å². The smallest absolute Gasteiger partial charge is 0.319 e. The van der Waals surface area contributed by atoms with Gasteiger partial charge in [0.1, 0.15) is 11.2 Å². The molecular weight excluding hydrogens is 270 g/mol. The molecule has 0 aliphatic heterocycles. The summed E-state index contributed by atoms with van der Waals surface area (Å²) in [5.74, 6) is -0.259. The molecule has 2 N–H and O–H groups in total. The van der Waals surface area contributed by atoms with Gasteiger partial charge in [-0.3, -0.25) is 9.59 Å². The monoisotopic (exact) mass is 291 g/mol. The average Bonchev–Trinajstić information content (AvgIpc) is 3.20. The van der Waals surface area contributed by atoms with E-state index in [2.05, 4.69) is 19.2 Å². The van der Waals surface area contributed by atoms with Crippen LogP contribution in [0.4, 0.5) is 5.69 Å². The standard InChI is InChI=1S/C16H21NO4/c1-11(2)6-9-21-13-5-3-4-12(10-13)17-14(18)16(7-8-16)15(19)20/h3-5,10-11H,6-9H2,1-2H3,(H,17,18)(H,19,20). The third-order valence-corrected chi connectivity index (χ3v) is 3.65. The number of carbonyl (C=O) groups excluding carboxylic acids is 1. The highest BCUT2D eigenvalue weighted by Crippen LogP contribution is 2.46. The SMILES string of the molecule is CC(C)CCOc1cccc(NC(=O)C2(C(=O)O)CC2)c1. The van der Waals surface area contributed by atoms with Crippen LogP contribution in [0.25, 0.3) is 0 Å². The number of hydrogen-bond acceptors (Lipinski definition) is 3. The first-order valence-electron chi connectivity index (χ1n) is 7.22. The number of aliphatic carboxylic acids is 1. The molecule has 1 aliphatic carbocycles. The Kier molecular flexibility index (Phi) is 4.50. The molecule has 1 saturated carbocycles. The zero-order valence-electron chi connectivity index (χ0n) is 12.4. The molecule has 1 fully saturated rings. The third-order valence-electron chi connectivity index (χ3n) is 3.65. The van der Waals surface area contributed by atoms with Gasteiger partial charge in [-0.05, 0) is 37.3 Å². The van der Waals surface area contributed by atoms with Crippen molar-refractivity contribution in [2.24, 2.45) is 11.3 Å². The maximum absolute atomic E-state index is 12.0. The van der Waals surface area contributed by atoms with Crippen LogP contribution in [-0.4, -0.2) is 23.6 Å². The van der Waals surface area contributed by atoms with E-state index in [9.17, 15) is 9.59 Å². The van der Waals surface area contributed by atoms with Gasteiger partial charge in [-0.2, -0.15) is 0 Å². The summed E-state index contributed by atoms with van der Waals surface area (Å²) in [6.45, 7) is 4.87. The second-order valence-electron chi connectivity index (χ2n) is 5.90. The van der Waals surface area contributed by atoms with E-state index in [0.717, 1.165) is 6.42 Å². The minimum Gasteiger partial charge on any atom is -0.494 e. The van der Waals surface area contributed by atoms with Crippen molar-refractivity contribution in [3.05, 3.63) is 24.3 Å². The molecule has 2 rings (SSSR count). The fourth-order valence-electron chi connectivity index (χ4n) is 1.99. The lowest BCUT2D eigenvalue weighted by Crippen LogP contribution is -2.31. The van der Waals surface area contributed by atoms with Gasteiger partial charge in [-0.1, -0.05) is 19.9 Å². The largest absolute Gasteiger partial charge is 0.494 e. The highest BCUT2D eigenvalue weighted by atomic mass is 16.5. The number of amides is 1. The van der Waals surface area contributed by atoms with Crippen LogP contribution in [0.15, 0.2) is 24.3 Å². The van der Waals surface area contributed by atoms with Crippen LogP contribution >= 0.6 is 0 Å². The Morgan fingerprint density at radius 3 is 2.67 bits per heavy atom. The van der Waals surface area contributed by atoms with Crippen LogP contribution in [0.5, 0.6) is 5.75 Å². The van der Waals surface area contributed by atoms with Crippen LogP contribution in [0.2, 0.25) is 0 Å². The lowest BCUT2D eigenvalue weighted by Gasteiger charge is -2.12. The minimum absolute atomic E-state index is 0.402. The van der Waals surface area contributed by atoms with Crippen molar-refractivity contribution in [1.82, 2.24) is 0 Å². The number of hydrogen-bond donors (Lipinski definition) is 2. The Balaban J connectivity index is 1.95. The van der Waals surface area contributed by atoms with Crippen LogP contribution in [0.1, 0.15) is 33.1 Å². The number of carboxylic acid groups (broad SMARTS) is 1. The van der Waals surface area contributed by atoms with Crippen LogP contribution in [0.3, 0.4) is 0 Å². The predicted octanol–water partition coefficient (Wildman–Crippen LogP) is 2.91. The van der Waals surface area contributed by atoms with Gasteiger partial charge in [0.15, 0.2) is 0 Å². The molecule has 1 aromatic rings. The van der Waals surface area contributed by atoms with Gasteiger partial charge in [0.2, 0.25) is 5.91 Å². The maximum atomic E-state index is 12.0. The summed E-state index contributed by atoms with van der Waals surface area (Å²) in [5, 5.41) is 11.8. The normalized spacial score (nSPS) is 15.6. The van der Waals surface area contributed by atoms with Crippen molar-refractivity contribution in [3.63, 3.8) is 0 Å². The number of ether oxygens (including phenoxy) is 1. The van der Waals surface area contributed by atoms with Crippen LogP contribution in [0, 0.1) is 11.3 Å². The van der Waals surface area contributed by atoms with Gasteiger partial charge in [0, 0.05) is 11.8 Å². The summed E-state index contributed by atoms with van der Waals surface area (Å²) >= 11 is 0. The molecule has 1 aromatic carbocycles. The zero-order valence-corrected chi connectivity index (χ0v) is 12.4. The van der Waals surface area contributed by atoms with E-state index in [4.69, 9.17) is 9.84 Å². The van der Waals surface area contributed by atoms with E-state index < -0.39 is 17.3 Å². The molecular formula is C16H21NO4. The number of carbonyl (C=O) groups is 2. The van der Waals surface area contributed by atoms with Crippen molar-refractivity contribution < 1.29 is 19.4 Å². The van der Waals surface area contributed by atoms with E-state index >= 15 is 0 Å². The van der Waals surface area contributed by atoms with Gasteiger partial charge >= 0.3 is 5.97 Å². The fraction of sp³-hybridized carbons (Fsp3) is 0.500. The maximum Gasteiger partial charge on any atom is 0.319 e. The summed E-state index contributed by atoms with van der Waals surface area (Å²) in [4.78, 5) is 23.1. The summed E-state index contributed by atoms with van der Waals surface area (Å²) in [6, 6.07) is 7.04. The Hall–Kier alpha value is -2.04. The predicted molar refractivity (Wildman–Crippen MR) is 79.3 cm³/mol. The molecule has 5 heteroatoms. The molecule has 114 valence electrons. The molecule has 0 unspecified atom stereocenters. The van der Waals surface area contributed by atoms with Crippen LogP contribution < -0.4 is 10.1 Å². The van der Waals surface area contributed by atoms with E-state index in [1.165, 1.54) is 0 Å². The average molecular weight is 291 g/mol. The Labute approximate surface area is 124 Å². The Morgan fingerprint density at radius 2 is 2.10 bits per heavy atom. The van der Waals surface area contributed by atoms with Gasteiger partial charge in [-0.25, -0.2) is 0 Å². The van der Waals surface area contributed by atoms with Gasteiger partial charge in [0.25, 0.3) is 0 Å². The lowest BCUT2D eigenvalue weighted by molar-refractivity contribution is -0.147. The van der Waals surface area contributed by atoms with E-state index in [1.54, 1.807) is 18.2 Å². The quantitative estimate of drug-likeness (QED) is 0.757.